The molecule has 9 nitrogen and oxygen atoms in total. The average molecular weight is 512 g/mol. The average Bonchev–Trinajstić information content (AvgIpc) is 3.16. The maximum atomic E-state index is 12.8. The summed E-state index contributed by atoms with van der Waals surface area (Å²) in [4.78, 5) is 61.3. The van der Waals surface area contributed by atoms with Crippen molar-refractivity contribution in [2.75, 3.05) is 6.54 Å². The van der Waals surface area contributed by atoms with Crippen LogP contribution in [0.25, 0.3) is 28.4 Å². The topological polar surface area (TPSA) is 128 Å². The van der Waals surface area contributed by atoms with Gasteiger partial charge < -0.3 is 4.42 Å². The number of carbonyl (C=O) groups excluding carboxylic acids is 3. The number of carbonyl (C=O) groups is 3. The number of para-hydroxylation sites is 1. The first kappa shape index (κ1) is 23.9. The number of nitro benzene ring substituents is 1. The Balaban J connectivity index is 1.32. The van der Waals surface area contributed by atoms with Crippen LogP contribution in [0.1, 0.15) is 15.9 Å². The Labute approximate surface area is 213 Å². The van der Waals surface area contributed by atoms with E-state index in [1.54, 1.807) is 54.6 Å². The first-order chi connectivity index (χ1) is 17.8. The molecule has 37 heavy (non-hydrogen) atoms. The number of thioether (sulfide) groups is 1. The lowest BCUT2D eigenvalue weighted by molar-refractivity contribution is -0.384. The molecule has 0 bridgehead atoms. The van der Waals surface area contributed by atoms with E-state index in [0.29, 0.717) is 27.9 Å². The lowest BCUT2D eigenvalue weighted by Crippen LogP contribution is -2.33. The summed E-state index contributed by atoms with van der Waals surface area (Å²) >= 11 is 0.721. The van der Waals surface area contributed by atoms with Crippen LogP contribution >= 0.6 is 11.8 Å². The molecule has 5 rings (SSSR count). The number of ketones is 1. The first-order valence-corrected chi connectivity index (χ1v) is 11.8. The van der Waals surface area contributed by atoms with Crippen LogP contribution in [0, 0.1) is 10.1 Å². The highest BCUT2D eigenvalue weighted by Crippen LogP contribution is 2.33. The summed E-state index contributed by atoms with van der Waals surface area (Å²) in [6.07, 6.45) is 1.54. The van der Waals surface area contributed by atoms with Gasteiger partial charge in [-0.05, 0) is 47.7 Å². The fourth-order valence-electron chi connectivity index (χ4n) is 3.78. The largest absolute Gasteiger partial charge is 0.456 e. The molecule has 1 fully saturated rings. The minimum atomic E-state index is -0.602. The molecule has 2 heterocycles. The molecule has 0 atom stereocenters. The summed E-state index contributed by atoms with van der Waals surface area (Å²) in [5.74, 6) is -0.713. The molecule has 3 aromatic carbocycles. The normalized spacial score (nSPS) is 14.5. The quantitative estimate of drug-likeness (QED) is 0.148. The highest BCUT2D eigenvalue weighted by Gasteiger charge is 2.36. The number of nitrogens with zero attached hydrogens (tertiary/aromatic N) is 2. The minimum absolute atomic E-state index is 0.155. The van der Waals surface area contributed by atoms with E-state index >= 15 is 0 Å². The van der Waals surface area contributed by atoms with Gasteiger partial charge in [0.2, 0.25) is 0 Å². The molecule has 10 heteroatoms. The summed E-state index contributed by atoms with van der Waals surface area (Å²) in [7, 11) is 0. The van der Waals surface area contributed by atoms with E-state index in [1.165, 1.54) is 30.3 Å². The van der Waals surface area contributed by atoms with Gasteiger partial charge in [0, 0.05) is 29.3 Å². The lowest BCUT2D eigenvalue weighted by Gasteiger charge is -2.11. The molecule has 0 aliphatic carbocycles. The lowest BCUT2D eigenvalue weighted by atomic mass is 10.1. The van der Waals surface area contributed by atoms with E-state index in [-0.39, 0.29) is 21.6 Å². The van der Waals surface area contributed by atoms with Gasteiger partial charge in [0.1, 0.15) is 11.3 Å². The highest BCUT2D eigenvalue weighted by molar-refractivity contribution is 8.18. The Bertz CT molecular complexity index is 1670. The maximum absolute atomic E-state index is 12.8. The van der Waals surface area contributed by atoms with Gasteiger partial charge in [-0.25, -0.2) is 0 Å². The Kier molecular flexibility index (Phi) is 6.24. The van der Waals surface area contributed by atoms with Crippen molar-refractivity contribution in [3.05, 3.63) is 115 Å². The Morgan fingerprint density at radius 1 is 0.973 bits per heavy atom. The number of non-ortho nitro benzene ring substituents is 1. The number of hydrogen-bond donors (Lipinski definition) is 0. The number of amides is 2. The summed E-state index contributed by atoms with van der Waals surface area (Å²) in [6, 6.07) is 20.3. The van der Waals surface area contributed by atoms with E-state index in [0.717, 1.165) is 16.7 Å². The molecule has 0 unspecified atom stereocenters. The van der Waals surface area contributed by atoms with Crippen LogP contribution in [-0.2, 0) is 4.79 Å². The molecule has 2 amide bonds. The molecular weight excluding hydrogens is 496 g/mol. The molecule has 182 valence electrons. The van der Waals surface area contributed by atoms with Gasteiger partial charge in [-0.15, -0.1) is 0 Å². The second kappa shape index (κ2) is 9.67. The fourth-order valence-corrected chi connectivity index (χ4v) is 4.62. The number of nitro groups is 1. The van der Waals surface area contributed by atoms with Gasteiger partial charge in [0.25, 0.3) is 16.8 Å². The number of imide groups is 1. The van der Waals surface area contributed by atoms with Crippen molar-refractivity contribution in [2.24, 2.45) is 0 Å². The molecule has 1 saturated heterocycles. The van der Waals surface area contributed by atoms with Crippen LogP contribution in [0.15, 0.2) is 93.0 Å². The van der Waals surface area contributed by atoms with Crippen LogP contribution in [0.3, 0.4) is 0 Å². The van der Waals surface area contributed by atoms with Gasteiger partial charge >= 0.3 is 0 Å². The zero-order valence-electron chi connectivity index (χ0n) is 19.0. The van der Waals surface area contributed by atoms with Crippen molar-refractivity contribution in [3.63, 3.8) is 0 Å². The SMILES string of the molecule is O=C(CN1C(=O)S/C(=C\c2ccc(-c3cc(=O)c4ccccc4o3)cc2)C1=O)c1ccc([N+](=O)[O-])cc1. The van der Waals surface area contributed by atoms with Crippen LogP contribution in [0.5, 0.6) is 0 Å². The molecule has 0 radical (unpaired) electrons. The number of rotatable bonds is 6. The predicted molar refractivity (Wildman–Crippen MR) is 138 cm³/mol. The number of hydrogen-bond acceptors (Lipinski definition) is 8. The molecule has 0 N–H and O–H groups in total. The molecule has 1 aliphatic heterocycles. The smallest absolute Gasteiger partial charge is 0.293 e. The van der Waals surface area contributed by atoms with Crippen molar-refractivity contribution in [1.82, 2.24) is 4.90 Å². The summed E-state index contributed by atoms with van der Waals surface area (Å²) in [5, 5.41) is 10.7. The summed E-state index contributed by atoms with van der Waals surface area (Å²) in [5.41, 5.74) is 1.62. The number of benzene rings is 3. The second-order valence-corrected chi connectivity index (χ2v) is 9.08. The van der Waals surface area contributed by atoms with Crippen molar-refractivity contribution < 1.29 is 23.7 Å². The third-order valence-corrected chi connectivity index (χ3v) is 6.61. The molecule has 1 aromatic heterocycles. The summed E-state index contributed by atoms with van der Waals surface area (Å²) < 4.78 is 5.85. The second-order valence-electron chi connectivity index (χ2n) is 8.09. The Morgan fingerprint density at radius 2 is 1.68 bits per heavy atom. The summed E-state index contributed by atoms with van der Waals surface area (Å²) in [6.45, 7) is -0.472. The number of fused-ring (bicyclic) bond motifs is 1. The van der Waals surface area contributed by atoms with E-state index in [9.17, 15) is 29.3 Å². The zero-order valence-corrected chi connectivity index (χ0v) is 19.8. The van der Waals surface area contributed by atoms with Gasteiger partial charge in [-0.3, -0.25) is 34.2 Å². The molecule has 1 aliphatic rings. The molecule has 4 aromatic rings. The highest BCUT2D eigenvalue weighted by atomic mass is 32.2. The van der Waals surface area contributed by atoms with E-state index < -0.39 is 28.4 Å². The van der Waals surface area contributed by atoms with Crippen LogP contribution < -0.4 is 5.43 Å². The van der Waals surface area contributed by atoms with Crippen LogP contribution in [0.2, 0.25) is 0 Å². The third-order valence-electron chi connectivity index (χ3n) is 5.70. The molecular formula is C27H16N2O7S. The zero-order chi connectivity index (χ0) is 26.1. The van der Waals surface area contributed by atoms with Crippen LogP contribution in [-0.4, -0.2) is 33.3 Å². The van der Waals surface area contributed by atoms with Gasteiger partial charge in [0.05, 0.1) is 21.8 Å². The molecule has 0 spiro atoms. The first-order valence-electron chi connectivity index (χ1n) is 11.0. The van der Waals surface area contributed by atoms with Gasteiger partial charge in [-0.1, -0.05) is 36.4 Å². The fraction of sp³-hybridized carbons (Fsp3) is 0.0370. The Hall–Kier alpha value is -4.83. The van der Waals surface area contributed by atoms with E-state index in [2.05, 4.69) is 0 Å². The maximum Gasteiger partial charge on any atom is 0.293 e. The van der Waals surface area contributed by atoms with Crippen molar-refractivity contribution >= 4 is 51.4 Å². The van der Waals surface area contributed by atoms with Gasteiger partial charge in [-0.2, -0.15) is 0 Å². The van der Waals surface area contributed by atoms with Crippen molar-refractivity contribution in [2.45, 2.75) is 0 Å². The standard InChI is InChI=1S/C27H16N2O7S/c30-21-14-24(36-23-4-2-1-3-20(21)23)18-7-5-16(6-8-18)13-25-26(32)28(27(33)37-25)15-22(31)17-9-11-19(12-10-17)29(34)35/h1-14H,15H2/b25-13-. The van der Waals surface area contributed by atoms with E-state index in [4.69, 9.17) is 4.42 Å². The molecule has 0 saturated carbocycles. The van der Waals surface area contributed by atoms with Gasteiger partial charge in [0.15, 0.2) is 11.2 Å². The third kappa shape index (κ3) is 4.82. The van der Waals surface area contributed by atoms with Crippen LogP contribution in [0.4, 0.5) is 10.5 Å². The number of Topliss-reactive ketones (excluding diaryl/α,β-unsaturated/α-hetero) is 1. The predicted octanol–water partition coefficient (Wildman–Crippen LogP) is 5.29. The minimum Gasteiger partial charge on any atom is -0.456 e. The van der Waals surface area contributed by atoms with Crippen molar-refractivity contribution in [3.8, 4) is 11.3 Å². The van der Waals surface area contributed by atoms with Crippen molar-refractivity contribution in [1.29, 1.82) is 0 Å². The van der Waals surface area contributed by atoms with E-state index in [1.807, 2.05) is 0 Å². The monoisotopic (exact) mass is 512 g/mol. The Morgan fingerprint density at radius 3 is 2.38 bits per heavy atom.